The Bertz CT molecular complexity index is 1090. The number of hydrogen-bond acceptors (Lipinski definition) is 6. The zero-order valence-electron chi connectivity index (χ0n) is 16.6. The Hall–Kier alpha value is -2.69. The zero-order chi connectivity index (χ0) is 22.0. The molecule has 31 heavy (non-hydrogen) atoms. The summed E-state index contributed by atoms with van der Waals surface area (Å²) in [6, 6.07) is 14.1. The maximum absolute atomic E-state index is 12.9. The molecule has 2 aromatic carbocycles. The Morgan fingerprint density at radius 1 is 1.06 bits per heavy atom. The summed E-state index contributed by atoms with van der Waals surface area (Å²) in [4.78, 5) is 37.7. The molecule has 0 saturated carbocycles. The molecule has 10 heteroatoms. The van der Waals surface area contributed by atoms with Crippen molar-refractivity contribution in [2.45, 2.75) is 30.3 Å². The first kappa shape index (κ1) is 21.5. The van der Waals surface area contributed by atoms with Crippen LogP contribution >= 0.6 is 11.8 Å². The lowest BCUT2D eigenvalue weighted by atomic mass is 10.1. The maximum Gasteiger partial charge on any atom is 0.289 e. The standard InChI is InChI=1S/C21H21N3O5S2/c25-19-14-30-21(27)23(19)13-15-8-10-16(11-9-15)22-20(26)18-7-4-12-24(18)31(28,29)17-5-2-1-3-6-17/h1-3,5-6,8-11,18H,4,7,12-14H2,(H,22,26). The van der Waals surface area contributed by atoms with Crippen molar-refractivity contribution in [3.63, 3.8) is 0 Å². The van der Waals surface area contributed by atoms with Crippen LogP contribution in [0.4, 0.5) is 10.5 Å². The van der Waals surface area contributed by atoms with Crippen molar-refractivity contribution in [2.24, 2.45) is 0 Å². The Morgan fingerprint density at radius 3 is 2.42 bits per heavy atom. The van der Waals surface area contributed by atoms with E-state index in [4.69, 9.17) is 0 Å². The molecule has 1 N–H and O–H groups in total. The molecule has 4 rings (SSSR count). The number of amides is 3. The normalized spacial score (nSPS) is 19.7. The lowest BCUT2D eigenvalue weighted by Gasteiger charge is -2.23. The van der Waals surface area contributed by atoms with Gasteiger partial charge in [-0.1, -0.05) is 42.1 Å². The Morgan fingerprint density at radius 2 is 1.77 bits per heavy atom. The summed E-state index contributed by atoms with van der Waals surface area (Å²) in [5, 5.41) is 2.52. The number of imide groups is 1. The van der Waals surface area contributed by atoms with E-state index in [9.17, 15) is 22.8 Å². The lowest BCUT2D eigenvalue weighted by molar-refractivity contribution is -0.125. The van der Waals surface area contributed by atoms with E-state index in [2.05, 4.69) is 5.32 Å². The molecule has 3 amide bonds. The molecule has 2 aliphatic heterocycles. The number of thioether (sulfide) groups is 1. The number of sulfonamides is 1. The van der Waals surface area contributed by atoms with Crippen molar-refractivity contribution < 1.29 is 22.8 Å². The van der Waals surface area contributed by atoms with Gasteiger partial charge in [-0.15, -0.1) is 0 Å². The SMILES string of the molecule is O=C(Nc1ccc(CN2C(=O)CSC2=O)cc1)C1CCCN1S(=O)(=O)c1ccccc1. The van der Waals surface area contributed by atoms with Gasteiger partial charge in [0.1, 0.15) is 6.04 Å². The smallest absolute Gasteiger partial charge is 0.289 e. The van der Waals surface area contributed by atoms with Gasteiger partial charge in [-0.2, -0.15) is 4.31 Å². The summed E-state index contributed by atoms with van der Waals surface area (Å²) in [6.45, 7) is 0.481. The van der Waals surface area contributed by atoms with Gasteiger partial charge in [0.25, 0.3) is 5.24 Å². The summed E-state index contributed by atoms with van der Waals surface area (Å²) >= 11 is 0.986. The van der Waals surface area contributed by atoms with Crippen LogP contribution in [0.5, 0.6) is 0 Å². The molecule has 162 valence electrons. The van der Waals surface area contributed by atoms with E-state index in [1.54, 1.807) is 42.5 Å². The minimum atomic E-state index is -3.75. The third kappa shape index (κ3) is 4.51. The van der Waals surface area contributed by atoms with Crippen LogP contribution in [0.1, 0.15) is 18.4 Å². The minimum Gasteiger partial charge on any atom is -0.325 e. The fourth-order valence-corrected chi connectivity index (χ4v) is 6.06. The molecule has 0 radical (unpaired) electrons. The first-order valence-electron chi connectivity index (χ1n) is 9.80. The van der Waals surface area contributed by atoms with Crippen molar-refractivity contribution >= 4 is 44.5 Å². The molecular formula is C21H21N3O5S2. The number of hydrogen-bond donors (Lipinski definition) is 1. The molecule has 0 bridgehead atoms. The van der Waals surface area contributed by atoms with Crippen LogP contribution in [0.25, 0.3) is 0 Å². The second kappa shape index (κ2) is 8.81. The number of nitrogens with one attached hydrogen (secondary N) is 1. The van der Waals surface area contributed by atoms with E-state index in [-0.39, 0.29) is 34.2 Å². The van der Waals surface area contributed by atoms with Crippen LogP contribution in [0.15, 0.2) is 59.5 Å². The predicted molar refractivity (Wildman–Crippen MR) is 117 cm³/mol. The number of benzene rings is 2. The molecule has 1 unspecified atom stereocenters. The highest BCUT2D eigenvalue weighted by Crippen LogP contribution is 2.27. The molecule has 2 saturated heterocycles. The molecule has 2 heterocycles. The molecule has 1 atom stereocenters. The van der Waals surface area contributed by atoms with Crippen LogP contribution in [-0.4, -0.2) is 53.0 Å². The first-order chi connectivity index (χ1) is 14.9. The Balaban J connectivity index is 1.43. The highest BCUT2D eigenvalue weighted by Gasteiger charge is 2.39. The van der Waals surface area contributed by atoms with Crippen LogP contribution in [0.3, 0.4) is 0 Å². The third-order valence-electron chi connectivity index (χ3n) is 5.26. The van der Waals surface area contributed by atoms with Crippen LogP contribution < -0.4 is 5.32 Å². The minimum absolute atomic E-state index is 0.163. The summed E-state index contributed by atoms with van der Waals surface area (Å²) < 4.78 is 27.2. The van der Waals surface area contributed by atoms with Gasteiger partial charge in [0.2, 0.25) is 21.8 Å². The van der Waals surface area contributed by atoms with Gasteiger partial charge in [-0.3, -0.25) is 19.3 Å². The molecule has 2 aliphatic rings. The van der Waals surface area contributed by atoms with E-state index in [0.29, 0.717) is 25.1 Å². The summed E-state index contributed by atoms with van der Waals surface area (Å²) in [5.74, 6) is -0.434. The molecule has 0 aromatic heterocycles. The second-order valence-electron chi connectivity index (χ2n) is 7.31. The van der Waals surface area contributed by atoms with Gasteiger partial charge < -0.3 is 5.32 Å². The highest BCUT2D eigenvalue weighted by molar-refractivity contribution is 8.14. The van der Waals surface area contributed by atoms with Gasteiger partial charge >= 0.3 is 0 Å². The number of nitrogens with zero attached hydrogens (tertiary/aromatic N) is 2. The van der Waals surface area contributed by atoms with Crippen molar-refractivity contribution in [1.82, 2.24) is 9.21 Å². The topological polar surface area (TPSA) is 104 Å². The fraction of sp³-hybridized carbons (Fsp3) is 0.286. The van der Waals surface area contributed by atoms with Gasteiger partial charge in [0, 0.05) is 12.2 Å². The highest BCUT2D eigenvalue weighted by atomic mass is 32.2. The van der Waals surface area contributed by atoms with Gasteiger partial charge in [0.15, 0.2) is 0 Å². The number of anilines is 1. The molecular weight excluding hydrogens is 438 g/mol. The Labute approximate surface area is 184 Å². The Kier molecular flexibility index (Phi) is 6.12. The van der Waals surface area contributed by atoms with E-state index in [0.717, 1.165) is 17.3 Å². The van der Waals surface area contributed by atoms with Gasteiger partial charge in [0.05, 0.1) is 17.2 Å². The average Bonchev–Trinajstić information content (AvgIpc) is 3.39. The second-order valence-corrected chi connectivity index (χ2v) is 10.1. The summed E-state index contributed by atoms with van der Waals surface area (Å²) in [5.41, 5.74) is 1.28. The van der Waals surface area contributed by atoms with E-state index < -0.39 is 16.1 Å². The van der Waals surface area contributed by atoms with Gasteiger partial charge in [-0.25, -0.2) is 8.42 Å². The van der Waals surface area contributed by atoms with Crippen LogP contribution in [0.2, 0.25) is 0 Å². The molecule has 2 aromatic rings. The average molecular weight is 460 g/mol. The van der Waals surface area contributed by atoms with E-state index >= 15 is 0 Å². The summed E-state index contributed by atoms with van der Waals surface area (Å²) in [6.07, 6.45) is 1.06. The predicted octanol–water partition coefficient (Wildman–Crippen LogP) is 2.67. The molecule has 2 fully saturated rings. The first-order valence-corrected chi connectivity index (χ1v) is 12.2. The van der Waals surface area contributed by atoms with Crippen LogP contribution in [-0.2, 0) is 26.2 Å². The fourth-order valence-electron chi connectivity index (χ4n) is 3.65. The van der Waals surface area contributed by atoms with Crippen molar-refractivity contribution in [2.75, 3.05) is 17.6 Å². The zero-order valence-corrected chi connectivity index (χ0v) is 18.2. The largest absolute Gasteiger partial charge is 0.325 e. The third-order valence-corrected chi connectivity index (χ3v) is 8.04. The van der Waals surface area contributed by atoms with E-state index in [1.165, 1.54) is 21.3 Å². The van der Waals surface area contributed by atoms with Crippen LogP contribution in [0, 0.1) is 0 Å². The molecule has 0 spiro atoms. The number of rotatable bonds is 6. The lowest BCUT2D eigenvalue weighted by Crippen LogP contribution is -2.43. The number of carbonyl (C=O) groups is 3. The quantitative estimate of drug-likeness (QED) is 0.712. The molecule has 0 aliphatic carbocycles. The van der Waals surface area contributed by atoms with Gasteiger partial charge in [-0.05, 0) is 42.7 Å². The maximum atomic E-state index is 12.9. The van der Waals surface area contributed by atoms with Crippen molar-refractivity contribution in [3.8, 4) is 0 Å². The number of carbonyl (C=O) groups excluding carboxylic acids is 3. The van der Waals surface area contributed by atoms with Crippen molar-refractivity contribution in [1.29, 1.82) is 0 Å². The summed E-state index contributed by atoms with van der Waals surface area (Å²) in [7, 11) is -3.75. The monoisotopic (exact) mass is 459 g/mol. The van der Waals surface area contributed by atoms with Crippen molar-refractivity contribution in [3.05, 3.63) is 60.2 Å². The van der Waals surface area contributed by atoms with E-state index in [1.807, 2.05) is 0 Å². The molecule has 8 nitrogen and oxygen atoms in total.